The summed E-state index contributed by atoms with van der Waals surface area (Å²) in [5.74, 6) is 0.417. The molecule has 5 nitrogen and oxygen atoms in total. The monoisotopic (exact) mass is 209 g/mol. The highest BCUT2D eigenvalue weighted by Crippen LogP contribution is 2.12. The minimum absolute atomic E-state index is 0.138. The molecule has 0 aliphatic rings. The number of aromatic nitrogens is 2. The Balaban J connectivity index is 2.62. The van der Waals surface area contributed by atoms with Crippen LogP contribution in [0.5, 0.6) is 0 Å². The maximum absolute atomic E-state index is 11.5. The van der Waals surface area contributed by atoms with Crippen LogP contribution in [-0.4, -0.2) is 22.6 Å². The fourth-order valence-corrected chi connectivity index (χ4v) is 1.02. The Bertz CT molecular complexity index is 346. The number of hydrogen-bond donors (Lipinski definition) is 1. The van der Waals surface area contributed by atoms with Crippen molar-refractivity contribution in [2.24, 2.45) is 0 Å². The van der Waals surface area contributed by atoms with Crippen LogP contribution in [0, 0.1) is 0 Å². The molecule has 1 aromatic rings. The predicted octanol–water partition coefficient (Wildman–Crippen LogP) is 1.04. The van der Waals surface area contributed by atoms with Crippen LogP contribution in [0.3, 0.4) is 0 Å². The molecular formula is C10H15N3O2. The minimum Gasteiger partial charge on any atom is -0.352 e. The minimum atomic E-state index is -0.419. The molecule has 0 radical (unpaired) electrons. The largest absolute Gasteiger partial charge is 0.352 e. The van der Waals surface area contributed by atoms with Gasteiger partial charge in [0.15, 0.2) is 5.82 Å². The Morgan fingerprint density at radius 1 is 1.73 bits per heavy atom. The predicted molar refractivity (Wildman–Crippen MR) is 55.3 cm³/mol. The van der Waals surface area contributed by atoms with Crippen LogP contribution in [0.2, 0.25) is 0 Å². The molecule has 0 spiro atoms. The molecule has 82 valence electrons. The Labute approximate surface area is 88.6 Å². The van der Waals surface area contributed by atoms with Crippen LogP contribution >= 0.6 is 0 Å². The first kappa shape index (κ1) is 11.4. The number of aryl methyl sites for hydroxylation is 1. The molecular weight excluding hydrogens is 194 g/mol. The van der Waals surface area contributed by atoms with E-state index in [1.807, 2.05) is 6.92 Å². The number of amides is 1. The number of nitrogens with one attached hydrogen (secondary N) is 1. The molecule has 1 N–H and O–H groups in total. The summed E-state index contributed by atoms with van der Waals surface area (Å²) in [5, 5.41) is 6.41. The van der Waals surface area contributed by atoms with Crippen molar-refractivity contribution in [2.75, 3.05) is 6.54 Å². The van der Waals surface area contributed by atoms with Crippen molar-refractivity contribution in [1.29, 1.82) is 0 Å². The average molecular weight is 209 g/mol. The maximum Gasteiger partial charge on any atom is 0.238 e. The van der Waals surface area contributed by atoms with E-state index in [1.165, 1.54) is 0 Å². The molecule has 0 bridgehead atoms. The van der Waals surface area contributed by atoms with Gasteiger partial charge < -0.3 is 9.84 Å². The van der Waals surface area contributed by atoms with Crippen LogP contribution in [0.25, 0.3) is 0 Å². The third-order valence-corrected chi connectivity index (χ3v) is 1.98. The van der Waals surface area contributed by atoms with Crippen LogP contribution in [-0.2, 0) is 11.2 Å². The van der Waals surface area contributed by atoms with Crippen molar-refractivity contribution < 1.29 is 9.32 Å². The third-order valence-electron chi connectivity index (χ3n) is 1.98. The van der Waals surface area contributed by atoms with E-state index in [2.05, 4.69) is 22.0 Å². The summed E-state index contributed by atoms with van der Waals surface area (Å²) in [5.41, 5.74) is 0. The first-order chi connectivity index (χ1) is 7.19. The van der Waals surface area contributed by atoms with Crippen molar-refractivity contribution in [3.8, 4) is 0 Å². The standard InChI is InChI=1S/C10H15N3O2/c1-4-6-11-9(14)7(3)10-12-8(5-2)13-15-10/h4,7H,1,5-6H2,2-3H3,(H,11,14). The van der Waals surface area contributed by atoms with Gasteiger partial charge in [-0.05, 0) is 6.92 Å². The van der Waals surface area contributed by atoms with Crippen LogP contribution < -0.4 is 5.32 Å². The zero-order chi connectivity index (χ0) is 11.3. The second-order valence-electron chi connectivity index (χ2n) is 3.16. The van der Waals surface area contributed by atoms with E-state index < -0.39 is 5.92 Å². The second kappa shape index (κ2) is 5.29. The molecule has 0 fully saturated rings. The van der Waals surface area contributed by atoms with Crippen LogP contribution in [0.15, 0.2) is 17.2 Å². The molecule has 0 aliphatic carbocycles. The first-order valence-corrected chi connectivity index (χ1v) is 4.90. The van der Waals surface area contributed by atoms with Crippen molar-refractivity contribution in [3.05, 3.63) is 24.4 Å². The van der Waals surface area contributed by atoms with Gasteiger partial charge >= 0.3 is 0 Å². The average Bonchev–Trinajstić information content (AvgIpc) is 2.73. The highest BCUT2D eigenvalue weighted by atomic mass is 16.5. The lowest BCUT2D eigenvalue weighted by atomic mass is 10.1. The second-order valence-corrected chi connectivity index (χ2v) is 3.16. The number of nitrogens with zero attached hydrogens (tertiary/aromatic N) is 2. The van der Waals surface area contributed by atoms with Gasteiger partial charge in [0.1, 0.15) is 5.92 Å². The van der Waals surface area contributed by atoms with E-state index in [0.29, 0.717) is 24.7 Å². The summed E-state index contributed by atoms with van der Waals surface area (Å²) in [6.45, 7) is 7.61. The van der Waals surface area contributed by atoms with E-state index in [4.69, 9.17) is 4.52 Å². The van der Waals surface area contributed by atoms with E-state index >= 15 is 0 Å². The molecule has 0 saturated carbocycles. The summed E-state index contributed by atoms with van der Waals surface area (Å²) in [6, 6.07) is 0. The summed E-state index contributed by atoms with van der Waals surface area (Å²) < 4.78 is 4.97. The fourth-order valence-electron chi connectivity index (χ4n) is 1.02. The van der Waals surface area contributed by atoms with Gasteiger partial charge in [0.05, 0.1) is 0 Å². The van der Waals surface area contributed by atoms with Crippen molar-refractivity contribution >= 4 is 5.91 Å². The Hall–Kier alpha value is -1.65. The molecule has 1 unspecified atom stereocenters. The van der Waals surface area contributed by atoms with Gasteiger partial charge in [-0.25, -0.2) is 0 Å². The summed E-state index contributed by atoms with van der Waals surface area (Å²) in [4.78, 5) is 15.6. The number of carbonyl (C=O) groups is 1. The zero-order valence-corrected chi connectivity index (χ0v) is 8.99. The lowest BCUT2D eigenvalue weighted by Crippen LogP contribution is -2.28. The van der Waals surface area contributed by atoms with Gasteiger partial charge in [-0.1, -0.05) is 18.2 Å². The van der Waals surface area contributed by atoms with Gasteiger partial charge in [-0.3, -0.25) is 4.79 Å². The first-order valence-electron chi connectivity index (χ1n) is 4.90. The van der Waals surface area contributed by atoms with Gasteiger partial charge in [0.25, 0.3) is 0 Å². The SMILES string of the molecule is C=CCNC(=O)C(C)c1nc(CC)no1. The van der Waals surface area contributed by atoms with Gasteiger partial charge in [-0.15, -0.1) is 6.58 Å². The highest BCUT2D eigenvalue weighted by molar-refractivity contribution is 5.82. The van der Waals surface area contributed by atoms with Gasteiger partial charge in [-0.2, -0.15) is 4.98 Å². The zero-order valence-electron chi connectivity index (χ0n) is 8.99. The number of carbonyl (C=O) groups excluding carboxylic acids is 1. The number of rotatable bonds is 5. The lowest BCUT2D eigenvalue weighted by molar-refractivity contribution is -0.122. The number of hydrogen-bond acceptors (Lipinski definition) is 4. The quantitative estimate of drug-likeness (QED) is 0.736. The molecule has 5 heteroatoms. The Kier molecular flexibility index (Phi) is 4.03. The van der Waals surface area contributed by atoms with E-state index in [0.717, 1.165) is 0 Å². The maximum atomic E-state index is 11.5. The van der Waals surface area contributed by atoms with E-state index in [9.17, 15) is 4.79 Å². The molecule has 0 saturated heterocycles. The topological polar surface area (TPSA) is 68.0 Å². The highest BCUT2D eigenvalue weighted by Gasteiger charge is 2.20. The third kappa shape index (κ3) is 2.90. The van der Waals surface area contributed by atoms with Gasteiger partial charge in [0.2, 0.25) is 11.8 Å². The van der Waals surface area contributed by atoms with E-state index in [-0.39, 0.29) is 5.91 Å². The normalized spacial score (nSPS) is 12.1. The molecule has 1 heterocycles. The summed E-state index contributed by atoms with van der Waals surface area (Å²) >= 11 is 0. The van der Waals surface area contributed by atoms with Crippen LogP contribution in [0.4, 0.5) is 0 Å². The summed E-state index contributed by atoms with van der Waals surface area (Å²) in [6.07, 6.45) is 2.32. The molecule has 0 aromatic carbocycles. The summed E-state index contributed by atoms with van der Waals surface area (Å²) in [7, 11) is 0. The lowest BCUT2D eigenvalue weighted by Gasteiger charge is -2.05. The van der Waals surface area contributed by atoms with Crippen molar-refractivity contribution in [3.63, 3.8) is 0 Å². The molecule has 0 aliphatic heterocycles. The smallest absolute Gasteiger partial charge is 0.238 e. The van der Waals surface area contributed by atoms with Crippen LogP contribution in [0.1, 0.15) is 31.5 Å². The molecule has 1 atom stereocenters. The molecule has 1 aromatic heterocycles. The van der Waals surface area contributed by atoms with Crippen molar-refractivity contribution in [1.82, 2.24) is 15.5 Å². The fraction of sp³-hybridized carbons (Fsp3) is 0.500. The molecule has 1 rings (SSSR count). The Morgan fingerprint density at radius 2 is 2.47 bits per heavy atom. The molecule has 15 heavy (non-hydrogen) atoms. The van der Waals surface area contributed by atoms with Gasteiger partial charge in [0, 0.05) is 13.0 Å². The van der Waals surface area contributed by atoms with E-state index in [1.54, 1.807) is 13.0 Å². The Morgan fingerprint density at radius 3 is 3.00 bits per heavy atom. The molecule has 1 amide bonds. The van der Waals surface area contributed by atoms with Crippen molar-refractivity contribution in [2.45, 2.75) is 26.2 Å².